The molecule has 0 saturated heterocycles. The molecule has 0 spiro atoms. The topological polar surface area (TPSA) is 158 Å². The number of aliphatic hydroxyl groups excluding tert-OH is 1. The molecule has 9 nitrogen and oxygen atoms in total. The molecule has 3 aliphatic carbocycles. The number of hydrogen-bond acceptors (Lipinski definition) is 8. The normalized spacial score (nSPS) is 30.6. The van der Waals surface area contributed by atoms with E-state index in [0.29, 0.717) is 5.56 Å². The second-order valence-corrected chi connectivity index (χ2v) is 14.1. The number of carbonyl (C=O) groups excluding carboxylic acids is 4. The summed E-state index contributed by atoms with van der Waals surface area (Å²) in [6.45, 7) is 6.68. The second kappa shape index (κ2) is 10.9. The predicted molar refractivity (Wildman–Crippen MR) is 160 cm³/mol. The minimum atomic E-state index is -2.67. The Bertz CT molecular complexity index is 1470. The number of aryl methyl sites for hydroxylation is 1. The quantitative estimate of drug-likeness (QED) is 0.374. The van der Waals surface area contributed by atoms with Crippen LogP contribution in [-0.2, 0) is 27.2 Å². The van der Waals surface area contributed by atoms with Crippen molar-refractivity contribution in [2.75, 3.05) is 14.1 Å². The molecule has 2 saturated carbocycles. The van der Waals surface area contributed by atoms with Gasteiger partial charge in [0.25, 0.3) is 0 Å². The number of phenols is 1. The Kier molecular flexibility index (Phi) is 7.90. The van der Waals surface area contributed by atoms with E-state index >= 15 is 0 Å². The highest BCUT2D eigenvalue weighted by Crippen LogP contribution is 2.52. The molecule has 2 fully saturated rings. The molecule has 9 heteroatoms. The molecule has 0 heterocycles. The number of fused-ring (bicyclic) bond motifs is 3. The van der Waals surface area contributed by atoms with E-state index in [-0.39, 0.29) is 29.6 Å². The van der Waals surface area contributed by atoms with E-state index in [9.17, 15) is 34.5 Å². The third-order valence-corrected chi connectivity index (χ3v) is 9.83. The van der Waals surface area contributed by atoms with Gasteiger partial charge in [0, 0.05) is 12.0 Å². The molecule has 7 atom stereocenters. The second-order valence-electron chi connectivity index (χ2n) is 14.1. The number of likely N-dealkylation sites (N-methyl/N-ethyl adjacent to an activating group) is 1. The standard InChI is InChI=1S/C34H42N2O7/c1-33(2,3)14-6-7-17-8-10-18(11-9-17)20-12-13-23(37)25-21(20)15-19-16-22-27(36(4)5)29(39)26(32(35)42)31(41)34(22,43)30(40)24(19)28(25)38/h8-13,19,22,24,26-27,29,37,39,43H,6-7,14-16H2,1-5H3,(H2,35,42)/t19-,22-,24?,26?,27?,29?,34-/m1/s1. The van der Waals surface area contributed by atoms with Gasteiger partial charge >= 0.3 is 0 Å². The first kappa shape index (κ1) is 31.0. The first-order valence-corrected chi connectivity index (χ1v) is 15.0. The lowest BCUT2D eigenvalue weighted by atomic mass is 9.52. The number of aromatic hydroxyl groups is 1. The van der Waals surface area contributed by atoms with E-state index in [0.717, 1.165) is 30.4 Å². The molecule has 43 heavy (non-hydrogen) atoms. The molecule has 3 aliphatic rings. The van der Waals surface area contributed by atoms with Crippen molar-refractivity contribution in [3.05, 3.63) is 53.1 Å². The summed E-state index contributed by atoms with van der Waals surface area (Å²) in [4.78, 5) is 55.3. The number of ketones is 3. The Morgan fingerprint density at radius 1 is 1.05 bits per heavy atom. The van der Waals surface area contributed by atoms with Crippen LogP contribution in [0.2, 0.25) is 0 Å². The minimum Gasteiger partial charge on any atom is -0.507 e. The molecule has 5 rings (SSSR count). The zero-order valence-corrected chi connectivity index (χ0v) is 25.5. The summed E-state index contributed by atoms with van der Waals surface area (Å²) in [5, 5.41) is 33.6. The van der Waals surface area contributed by atoms with Crippen molar-refractivity contribution >= 4 is 23.3 Å². The number of nitrogens with zero attached hydrogens (tertiary/aromatic N) is 1. The van der Waals surface area contributed by atoms with Crippen molar-refractivity contribution in [2.45, 2.75) is 70.6 Å². The van der Waals surface area contributed by atoms with Crippen LogP contribution in [0.5, 0.6) is 5.75 Å². The van der Waals surface area contributed by atoms with Gasteiger partial charge in [-0.15, -0.1) is 0 Å². The zero-order chi connectivity index (χ0) is 31.6. The maximum atomic E-state index is 14.0. The van der Waals surface area contributed by atoms with Gasteiger partial charge in [-0.2, -0.15) is 0 Å². The Morgan fingerprint density at radius 3 is 2.28 bits per heavy atom. The molecule has 230 valence electrons. The SMILES string of the molecule is CN(C)C1C(O)C(C(N)=O)C(=O)[C@]2(O)C(=O)C3C(=O)c4c(O)ccc(-c5ccc(CCCC(C)(C)C)cc5)c4C[C@@H]3C[C@H]12. The fourth-order valence-corrected chi connectivity index (χ4v) is 7.77. The van der Waals surface area contributed by atoms with Crippen molar-refractivity contribution in [3.8, 4) is 16.9 Å². The Morgan fingerprint density at radius 2 is 1.70 bits per heavy atom. The monoisotopic (exact) mass is 590 g/mol. The minimum absolute atomic E-state index is 0.0160. The third kappa shape index (κ3) is 5.11. The maximum absolute atomic E-state index is 14.0. The van der Waals surface area contributed by atoms with Gasteiger partial charge in [0.1, 0.15) is 11.7 Å². The van der Waals surface area contributed by atoms with Crippen LogP contribution in [0, 0.1) is 29.1 Å². The molecular weight excluding hydrogens is 548 g/mol. The fraction of sp³-hybridized carbons (Fsp3) is 0.529. The highest BCUT2D eigenvalue weighted by molar-refractivity contribution is 6.25. The van der Waals surface area contributed by atoms with Crippen LogP contribution in [-0.4, -0.2) is 75.3 Å². The van der Waals surface area contributed by atoms with Gasteiger partial charge in [0.2, 0.25) is 5.91 Å². The Labute approximate surface area is 252 Å². The Hall–Kier alpha value is -3.40. The first-order valence-electron chi connectivity index (χ1n) is 15.0. The van der Waals surface area contributed by atoms with Crippen LogP contribution in [0.25, 0.3) is 11.1 Å². The van der Waals surface area contributed by atoms with E-state index in [4.69, 9.17) is 5.73 Å². The lowest BCUT2D eigenvalue weighted by molar-refractivity contribution is -0.190. The van der Waals surface area contributed by atoms with Crippen LogP contribution < -0.4 is 5.73 Å². The van der Waals surface area contributed by atoms with Gasteiger partial charge in [0.15, 0.2) is 23.0 Å². The zero-order valence-electron chi connectivity index (χ0n) is 25.5. The van der Waals surface area contributed by atoms with E-state index in [1.54, 1.807) is 25.1 Å². The summed E-state index contributed by atoms with van der Waals surface area (Å²) >= 11 is 0. The highest BCUT2D eigenvalue weighted by atomic mass is 16.3. The summed E-state index contributed by atoms with van der Waals surface area (Å²) < 4.78 is 0. The van der Waals surface area contributed by atoms with Crippen LogP contribution >= 0.6 is 0 Å². The van der Waals surface area contributed by atoms with Gasteiger partial charge < -0.3 is 26.0 Å². The summed E-state index contributed by atoms with van der Waals surface area (Å²) in [5.74, 6) is -9.05. The third-order valence-electron chi connectivity index (χ3n) is 9.83. The van der Waals surface area contributed by atoms with Crippen LogP contribution in [0.15, 0.2) is 36.4 Å². The number of hydrogen-bond donors (Lipinski definition) is 4. The van der Waals surface area contributed by atoms with Crippen molar-refractivity contribution in [3.63, 3.8) is 0 Å². The number of benzene rings is 2. The van der Waals surface area contributed by atoms with Crippen molar-refractivity contribution in [1.82, 2.24) is 4.90 Å². The lowest BCUT2D eigenvalue weighted by Gasteiger charge is -2.54. The molecule has 5 N–H and O–H groups in total. The summed E-state index contributed by atoms with van der Waals surface area (Å²) in [5.41, 5.74) is 6.52. The van der Waals surface area contributed by atoms with Crippen molar-refractivity contribution in [1.29, 1.82) is 0 Å². The fourth-order valence-electron chi connectivity index (χ4n) is 7.77. The number of nitrogens with two attached hydrogens (primary N) is 1. The molecule has 2 aromatic rings. The summed E-state index contributed by atoms with van der Waals surface area (Å²) in [7, 11) is 3.26. The van der Waals surface area contributed by atoms with Gasteiger partial charge in [-0.25, -0.2) is 0 Å². The van der Waals surface area contributed by atoms with Gasteiger partial charge in [-0.05, 0) is 85.9 Å². The molecule has 0 bridgehead atoms. The number of primary amides is 1. The Balaban J connectivity index is 1.52. The highest BCUT2D eigenvalue weighted by Gasteiger charge is 2.69. The number of amides is 1. The number of aliphatic hydroxyl groups is 2. The van der Waals surface area contributed by atoms with E-state index in [2.05, 4.69) is 32.9 Å². The number of Topliss-reactive ketones (excluding diaryl/α,β-unsaturated/α-hetero) is 3. The molecule has 0 aromatic heterocycles. The molecule has 2 aromatic carbocycles. The first-order chi connectivity index (χ1) is 20.1. The average Bonchev–Trinajstić information content (AvgIpc) is 2.90. The van der Waals surface area contributed by atoms with Crippen LogP contribution in [0.4, 0.5) is 0 Å². The number of rotatable bonds is 6. The van der Waals surface area contributed by atoms with E-state index in [1.165, 1.54) is 11.6 Å². The van der Waals surface area contributed by atoms with Crippen LogP contribution in [0.3, 0.4) is 0 Å². The summed E-state index contributed by atoms with van der Waals surface area (Å²) in [6, 6.07) is 10.4. The average molecular weight is 591 g/mol. The maximum Gasteiger partial charge on any atom is 0.230 e. The number of carbonyl (C=O) groups is 4. The molecule has 1 amide bonds. The summed E-state index contributed by atoms with van der Waals surface area (Å²) in [6.07, 6.45) is 1.95. The van der Waals surface area contributed by atoms with Gasteiger partial charge in [0.05, 0.1) is 17.6 Å². The van der Waals surface area contributed by atoms with E-state index < -0.39 is 64.7 Å². The van der Waals surface area contributed by atoms with Crippen molar-refractivity contribution < 1.29 is 34.5 Å². The molecular formula is C34H42N2O7. The smallest absolute Gasteiger partial charge is 0.230 e. The van der Waals surface area contributed by atoms with Crippen molar-refractivity contribution in [2.24, 2.45) is 34.8 Å². The lowest BCUT2D eigenvalue weighted by Crippen LogP contribution is -2.75. The van der Waals surface area contributed by atoms with Gasteiger partial charge in [-0.3, -0.25) is 19.2 Å². The largest absolute Gasteiger partial charge is 0.507 e. The molecule has 0 aliphatic heterocycles. The predicted octanol–water partition coefficient (Wildman–Crippen LogP) is 2.69. The van der Waals surface area contributed by atoms with E-state index in [1.807, 2.05) is 12.1 Å². The number of phenolic OH excluding ortho intramolecular Hbond substituents is 1. The van der Waals surface area contributed by atoms with Gasteiger partial charge in [-0.1, -0.05) is 51.1 Å². The van der Waals surface area contributed by atoms with Crippen LogP contribution in [0.1, 0.15) is 61.5 Å². The molecule has 0 radical (unpaired) electrons. The molecule has 4 unspecified atom stereocenters.